The highest BCUT2D eigenvalue weighted by Gasteiger charge is 2.24. The minimum Gasteiger partial charge on any atom is -0.309 e. The van der Waals surface area contributed by atoms with Crippen molar-refractivity contribution in [3.05, 3.63) is 187 Å². The van der Waals surface area contributed by atoms with E-state index in [1.807, 2.05) is 0 Å². The van der Waals surface area contributed by atoms with Gasteiger partial charge in [-0.1, -0.05) is 140 Å². The molecule has 0 aliphatic heterocycles. The Morgan fingerprint density at radius 2 is 1.14 bits per heavy atom. The van der Waals surface area contributed by atoms with Crippen LogP contribution in [0.2, 0.25) is 0 Å². The molecular formula is C48H35N. The Hall–Kier alpha value is -5.92. The molecule has 1 aliphatic rings. The normalized spacial score (nSPS) is 14.2. The molecule has 1 heteroatoms. The summed E-state index contributed by atoms with van der Waals surface area (Å²) in [5, 5.41) is 7.66. The number of benzene rings is 8. The fourth-order valence-corrected chi connectivity index (χ4v) is 8.55. The Morgan fingerprint density at radius 1 is 0.469 bits per heavy atom. The topological polar surface area (TPSA) is 4.93 Å². The van der Waals surface area contributed by atoms with Gasteiger partial charge in [-0.25, -0.2) is 0 Å². The van der Waals surface area contributed by atoms with Crippen LogP contribution in [0.5, 0.6) is 0 Å². The van der Waals surface area contributed by atoms with E-state index < -0.39 is 0 Å². The molecule has 8 aromatic carbocycles. The molecule has 0 fully saturated rings. The molecule has 0 radical (unpaired) electrons. The van der Waals surface area contributed by atoms with Crippen molar-refractivity contribution in [2.75, 3.05) is 0 Å². The van der Waals surface area contributed by atoms with Crippen molar-refractivity contribution in [1.82, 2.24) is 4.57 Å². The van der Waals surface area contributed by atoms with Crippen molar-refractivity contribution in [3.63, 3.8) is 0 Å². The maximum atomic E-state index is 2.48. The van der Waals surface area contributed by atoms with Crippen molar-refractivity contribution in [2.45, 2.75) is 25.2 Å². The van der Waals surface area contributed by atoms with Crippen LogP contribution in [0.3, 0.4) is 0 Å². The van der Waals surface area contributed by atoms with E-state index in [-0.39, 0.29) is 0 Å². The van der Waals surface area contributed by atoms with Crippen LogP contribution in [0.1, 0.15) is 29.0 Å². The van der Waals surface area contributed by atoms with Gasteiger partial charge in [0.2, 0.25) is 0 Å². The highest BCUT2D eigenvalue weighted by atomic mass is 15.0. The minimum absolute atomic E-state index is 0.482. The summed E-state index contributed by atoms with van der Waals surface area (Å²) >= 11 is 0. The summed E-state index contributed by atoms with van der Waals surface area (Å²) in [6.07, 6.45) is 3.33. The second-order valence-corrected chi connectivity index (χ2v) is 13.6. The van der Waals surface area contributed by atoms with Crippen molar-refractivity contribution < 1.29 is 0 Å². The van der Waals surface area contributed by atoms with Gasteiger partial charge in [-0.05, 0) is 111 Å². The fourth-order valence-electron chi connectivity index (χ4n) is 8.55. The van der Waals surface area contributed by atoms with Crippen LogP contribution in [0.4, 0.5) is 0 Å². The van der Waals surface area contributed by atoms with Crippen molar-refractivity contribution in [1.29, 1.82) is 0 Å². The molecule has 0 N–H and O–H groups in total. The first-order chi connectivity index (χ1) is 24.3. The third kappa shape index (κ3) is 4.61. The van der Waals surface area contributed by atoms with Crippen LogP contribution in [0.25, 0.3) is 71.3 Å². The number of hydrogen-bond donors (Lipinski definition) is 0. The van der Waals surface area contributed by atoms with E-state index in [0.29, 0.717) is 5.92 Å². The van der Waals surface area contributed by atoms with E-state index >= 15 is 0 Å². The van der Waals surface area contributed by atoms with Gasteiger partial charge in [0.1, 0.15) is 0 Å². The van der Waals surface area contributed by atoms with Crippen LogP contribution >= 0.6 is 0 Å². The van der Waals surface area contributed by atoms with Crippen LogP contribution in [-0.4, -0.2) is 4.57 Å². The van der Waals surface area contributed by atoms with Gasteiger partial charge < -0.3 is 4.57 Å². The quantitative estimate of drug-likeness (QED) is 0.172. The van der Waals surface area contributed by atoms with Crippen LogP contribution in [-0.2, 0) is 12.8 Å². The first-order valence-electron chi connectivity index (χ1n) is 17.5. The highest BCUT2D eigenvalue weighted by Crippen LogP contribution is 2.43. The molecule has 0 saturated carbocycles. The van der Waals surface area contributed by atoms with Crippen LogP contribution in [0.15, 0.2) is 170 Å². The summed E-state index contributed by atoms with van der Waals surface area (Å²) in [5.74, 6) is 0.482. The van der Waals surface area contributed by atoms with Crippen LogP contribution < -0.4 is 0 Å². The molecule has 232 valence electrons. The number of hydrogen-bond acceptors (Lipinski definition) is 0. The molecule has 1 nitrogen and oxygen atoms in total. The number of rotatable bonds is 4. The van der Waals surface area contributed by atoms with Crippen molar-refractivity contribution in [3.8, 4) is 27.9 Å². The Kier molecular flexibility index (Phi) is 6.52. The Morgan fingerprint density at radius 3 is 2.04 bits per heavy atom. The van der Waals surface area contributed by atoms with Gasteiger partial charge in [0, 0.05) is 16.2 Å². The molecule has 10 rings (SSSR count). The summed E-state index contributed by atoms with van der Waals surface area (Å²) in [4.78, 5) is 0. The summed E-state index contributed by atoms with van der Waals surface area (Å²) in [5.41, 5.74) is 13.3. The van der Waals surface area contributed by atoms with E-state index in [1.54, 1.807) is 0 Å². The average molecular weight is 626 g/mol. The van der Waals surface area contributed by atoms with Crippen molar-refractivity contribution in [2.24, 2.45) is 0 Å². The van der Waals surface area contributed by atoms with Gasteiger partial charge in [0.25, 0.3) is 0 Å². The zero-order valence-corrected chi connectivity index (χ0v) is 27.3. The third-order valence-corrected chi connectivity index (χ3v) is 10.9. The van der Waals surface area contributed by atoms with E-state index in [0.717, 1.165) is 19.3 Å². The lowest BCUT2D eigenvalue weighted by Crippen LogP contribution is -2.04. The first kappa shape index (κ1) is 28.1. The van der Waals surface area contributed by atoms with Gasteiger partial charge in [0.05, 0.1) is 16.7 Å². The summed E-state index contributed by atoms with van der Waals surface area (Å²) < 4.78 is 2.48. The molecule has 0 saturated heterocycles. The number of nitrogens with zero attached hydrogens (tertiary/aromatic N) is 1. The summed E-state index contributed by atoms with van der Waals surface area (Å²) in [7, 11) is 0. The molecule has 1 atom stereocenters. The minimum atomic E-state index is 0.482. The Balaban J connectivity index is 1.16. The van der Waals surface area contributed by atoms with Gasteiger partial charge in [0.15, 0.2) is 0 Å². The molecule has 0 amide bonds. The molecule has 49 heavy (non-hydrogen) atoms. The Bertz CT molecular complexity index is 2690. The van der Waals surface area contributed by atoms with Gasteiger partial charge in [-0.3, -0.25) is 0 Å². The zero-order chi connectivity index (χ0) is 32.3. The SMILES string of the molecule is c1ccc(CC2CCc3ccccc3-c3cc(-c4ccc5c(c4)c4ccccc4n5-c4cc5ccccc5c5ccccc45)ccc32)cc1. The van der Waals surface area contributed by atoms with Gasteiger partial charge >= 0.3 is 0 Å². The lowest BCUT2D eigenvalue weighted by Gasteiger charge is -2.19. The summed E-state index contributed by atoms with van der Waals surface area (Å²) in [6, 6.07) is 63.2. The predicted octanol–water partition coefficient (Wildman–Crippen LogP) is 12.7. The van der Waals surface area contributed by atoms with E-state index in [4.69, 9.17) is 0 Å². The lowest BCUT2D eigenvalue weighted by atomic mass is 9.85. The van der Waals surface area contributed by atoms with E-state index in [9.17, 15) is 0 Å². The number of para-hydroxylation sites is 1. The standard InChI is InChI=1S/C48H35N/c1-2-12-32(13-3-1)28-37-23-22-33-14-4-6-16-38(33)44-29-34(24-26-40(37)44)35-25-27-47-45(30-35)43-20-10-11-21-46(43)49(47)48-31-36-15-5-7-17-39(36)41-18-8-9-19-42(41)48/h1-21,24-27,29-31,37H,22-23,28H2. The molecule has 1 unspecified atom stereocenters. The molecule has 1 heterocycles. The number of aryl methyl sites for hydroxylation is 1. The zero-order valence-electron chi connectivity index (χ0n) is 27.3. The molecule has 0 bridgehead atoms. The van der Waals surface area contributed by atoms with Crippen molar-refractivity contribution >= 4 is 43.4 Å². The molecule has 9 aromatic rings. The summed E-state index contributed by atoms with van der Waals surface area (Å²) in [6.45, 7) is 0. The average Bonchev–Trinajstić information content (AvgIpc) is 3.41. The lowest BCUT2D eigenvalue weighted by molar-refractivity contribution is 0.629. The highest BCUT2D eigenvalue weighted by molar-refractivity contribution is 6.15. The second-order valence-electron chi connectivity index (χ2n) is 13.6. The largest absolute Gasteiger partial charge is 0.309 e. The maximum absolute atomic E-state index is 2.48. The number of aromatic nitrogens is 1. The number of fused-ring (bicyclic) bond motifs is 9. The maximum Gasteiger partial charge on any atom is 0.0546 e. The second kappa shape index (κ2) is 11.4. The molecule has 0 spiro atoms. The van der Waals surface area contributed by atoms with E-state index in [2.05, 4.69) is 174 Å². The third-order valence-electron chi connectivity index (χ3n) is 10.9. The molecule has 1 aromatic heterocycles. The Labute approximate surface area is 286 Å². The van der Waals surface area contributed by atoms with Gasteiger partial charge in [-0.2, -0.15) is 0 Å². The van der Waals surface area contributed by atoms with Crippen LogP contribution in [0, 0.1) is 0 Å². The fraction of sp³-hybridized carbons (Fsp3) is 0.0833. The monoisotopic (exact) mass is 625 g/mol. The van der Waals surface area contributed by atoms with E-state index in [1.165, 1.54) is 88.0 Å². The smallest absolute Gasteiger partial charge is 0.0546 e. The molecule has 1 aliphatic carbocycles. The van der Waals surface area contributed by atoms with Gasteiger partial charge in [-0.15, -0.1) is 0 Å². The first-order valence-corrected chi connectivity index (χ1v) is 17.5. The molecular weight excluding hydrogens is 591 g/mol. The predicted molar refractivity (Wildman–Crippen MR) is 208 cm³/mol.